The summed E-state index contributed by atoms with van der Waals surface area (Å²) in [6, 6.07) is 14.5. The van der Waals surface area contributed by atoms with Crippen LogP contribution in [0.2, 0.25) is 0 Å². The first-order valence-corrected chi connectivity index (χ1v) is 7.37. The standard InChI is InChI=1S/C18H22FNO/c1-3-20-12-14(2)16-6-4-15(5-7-16)13-21-18-10-8-17(19)9-11-18/h4-11,14,20H,3,12-13H2,1-2H3. The van der Waals surface area contributed by atoms with E-state index in [0.717, 1.165) is 18.7 Å². The van der Waals surface area contributed by atoms with Gasteiger partial charge in [-0.15, -0.1) is 0 Å². The summed E-state index contributed by atoms with van der Waals surface area (Å²) in [6.45, 7) is 6.80. The zero-order valence-electron chi connectivity index (χ0n) is 12.6. The van der Waals surface area contributed by atoms with E-state index in [-0.39, 0.29) is 5.82 Å². The average molecular weight is 287 g/mol. The van der Waals surface area contributed by atoms with Crippen molar-refractivity contribution in [1.29, 1.82) is 0 Å². The second kappa shape index (κ2) is 7.79. The van der Waals surface area contributed by atoms with E-state index in [1.807, 2.05) is 0 Å². The SMILES string of the molecule is CCNCC(C)c1ccc(COc2ccc(F)cc2)cc1. The van der Waals surface area contributed by atoms with Crippen LogP contribution in [-0.4, -0.2) is 13.1 Å². The van der Waals surface area contributed by atoms with Crippen LogP contribution in [0.5, 0.6) is 5.75 Å². The molecule has 0 radical (unpaired) electrons. The van der Waals surface area contributed by atoms with Gasteiger partial charge in [0.25, 0.3) is 0 Å². The topological polar surface area (TPSA) is 21.3 Å². The van der Waals surface area contributed by atoms with Gasteiger partial charge in [-0.1, -0.05) is 38.1 Å². The van der Waals surface area contributed by atoms with Crippen molar-refractivity contribution in [2.24, 2.45) is 0 Å². The molecule has 0 heterocycles. The Kier molecular flexibility index (Phi) is 5.76. The van der Waals surface area contributed by atoms with Crippen molar-refractivity contribution in [2.45, 2.75) is 26.4 Å². The quantitative estimate of drug-likeness (QED) is 0.827. The minimum absolute atomic E-state index is 0.249. The van der Waals surface area contributed by atoms with Crippen molar-refractivity contribution >= 4 is 0 Å². The predicted octanol–water partition coefficient (Wildman–Crippen LogP) is 4.12. The lowest BCUT2D eigenvalue weighted by molar-refractivity contribution is 0.305. The summed E-state index contributed by atoms with van der Waals surface area (Å²) in [5, 5.41) is 3.36. The Bertz CT molecular complexity index is 536. The van der Waals surface area contributed by atoms with Gasteiger partial charge in [0.1, 0.15) is 18.2 Å². The number of benzene rings is 2. The third-order valence-corrected chi connectivity index (χ3v) is 3.47. The van der Waals surface area contributed by atoms with Gasteiger partial charge in [0, 0.05) is 6.54 Å². The second-order valence-corrected chi connectivity index (χ2v) is 5.19. The first-order chi connectivity index (χ1) is 10.2. The molecule has 1 atom stereocenters. The van der Waals surface area contributed by atoms with Crippen molar-refractivity contribution in [3.05, 3.63) is 65.5 Å². The molecule has 0 aliphatic heterocycles. The molecule has 2 rings (SSSR count). The fourth-order valence-corrected chi connectivity index (χ4v) is 2.12. The summed E-state index contributed by atoms with van der Waals surface area (Å²) >= 11 is 0. The summed E-state index contributed by atoms with van der Waals surface area (Å²) < 4.78 is 18.4. The Labute approximate surface area is 126 Å². The lowest BCUT2D eigenvalue weighted by atomic mass is 10.00. The van der Waals surface area contributed by atoms with Crippen LogP contribution >= 0.6 is 0 Å². The van der Waals surface area contributed by atoms with Crippen LogP contribution in [0.1, 0.15) is 30.9 Å². The highest BCUT2D eigenvalue weighted by molar-refractivity contribution is 5.26. The molecule has 0 spiro atoms. The Morgan fingerprint density at radius 2 is 1.71 bits per heavy atom. The minimum Gasteiger partial charge on any atom is -0.489 e. The molecule has 2 nitrogen and oxygen atoms in total. The fraction of sp³-hybridized carbons (Fsp3) is 0.333. The van der Waals surface area contributed by atoms with Gasteiger partial charge >= 0.3 is 0 Å². The molecule has 0 aliphatic rings. The van der Waals surface area contributed by atoms with Crippen LogP contribution in [-0.2, 0) is 6.61 Å². The van der Waals surface area contributed by atoms with E-state index in [1.54, 1.807) is 12.1 Å². The lowest BCUT2D eigenvalue weighted by Gasteiger charge is -2.13. The van der Waals surface area contributed by atoms with E-state index in [9.17, 15) is 4.39 Å². The number of hydrogen-bond donors (Lipinski definition) is 1. The van der Waals surface area contributed by atoms with E-state index in [4.69, 9.17) is 4.74 Å². The molecule has 0 aliphatic carbocycles. The van der Waals surface area contributed by atoms with Gasteiger partial charge in [0.05, 0.1) is 0 Å². The monoisotopic (exact) mass is 287 g/mol. The first kappa shape index (κ1) is 15.5. The van der Waals surface area contributed by atoms with Gasteiger partial charge < -0.3 is 10.1 Å². The molecule has 21 heavy (non-hydrogen) atoms. The first-order valence-electron chi connectivity index (χ1n) is 7.37. The van der Waals surface area contributed by atoms with E-state index < -0.39 is 0 Å². The fourth-order valence-electron chi connectivity index (χ4n) is 2.12. The van der Waals surface area contributed by atoms with E-state index in [2.05, 4.69) is 43.4 Å². The van der Waals surface area contributed by atoms with Crippen molar-refractivity contribution in [1.82, 2.24) is 5.32 Å². The Morgan fingerprint density at radius 3 is 2.33 bits per heavy atom. The van der Waals surface area contributed by atoms with Crippen molar-refractivity contribution < 1.29 is 9.13 Å². The van der Waals surface area contributed by atoms with Gasteiger partial charge in [0.2, 0.25) is 0 Å². The summed E-state index contributed by atoms with van der Waals surface area (Å²) in [6.07, 6.45) is 0. The van der Waals surface area contributed by atoms with Crippen LogP contribution < -0.4 is 10.1 Å². The van der Waals surface area contributed by atoms with Crippen molar-refractivity contribution in [3.63, 3.8) is 0 Å². The average Bonchev–Trinajstić information content (AvgIpc) is 2.52. The zero-order chi connectivity index (χ0) is 15.1. The molecule has 0 saturated heterocycles. The van der Waals surface area contributed by atoms with Crippen LogP contribution in [0.3, 0.4) is 0 Å². The highest BCUT2D eigenvalue weighted by atomic mass is 19.1. The Hall–Kier alpha value is -1.87. The third-order valence-electron chi connectivity index (χ3n) is 3.47. The maximum atomic E-state index is 12.8. The molecule has 0 saturated carbocycles. The summed E-state index contributed by atoms with van der Waals surface area (Å²) in [4.78, 5) is 0. The summed E-state index contributed by atoms with van der Waals surface area (Å²) in [7, 11) is 0. The molecule has 1 unspecified atom stereocenters. The van der Waals surface area contributed by atoms with Crippen molar-refractivity contribution in [3.8, 4) is 5.75 Å². The van der Waals surface area contributed by atoms with Crippen LogP contribution in [0.25, 0.3) is 0 Å². The summed E-state index contributed by atoms with van der Waals surface area (Å²) in [5.74, 6) is 0.930. The summed E-state index contributed by atoms with van der Waals surface area (Å²) in [5.41, 5.74) is 2.43. The third kappa shape index (κ3) is 4.87. The van der Waals surface area contributed by atoms with Gasteiger partial charge in [0.15, 0.2) is 0 Å². The number of hydrogen-bond acceptors (Lipinski definition) is 2. The van der Waals surface area contributed by atoms with Gasteiger partial charge in [-0.3, -0.25) is 0 Å². The molecule has 112 valence electrons. The van der Waals surface area contributed by atoms with Crippen LogP contribution in [0, 0.1) is 5.82 Å². The number of rotatable bonds is 7. The lowest BCUT2D eigenvalue weighted by Crippen LogP contribution is -2.19. The highest BCUT2D eigenvalue weighted by Gasteiger charge is 2.04. The van der Waals surface area contributed by atoms with E-state index >= 15 is 0 Å². The van der Waals surface area contributed by atoms with Crippen LogP contribution in [0.4, 0.5) is 4.39 Å². The Balaban J connectivity index is 1.88. The maximum Gasteiger partial charge on any atom is 0.123 e. The molecule has 2 aromatic rings. The smallest absolute Gasteiger partial charge is 0.123 e. The number of likely N-dealkylation sites (N-methyl/N-ethyl adjacent to an activating group) is 1. The molecule has 0 bridgehead atoms. The van der Waals surface area contributed by atoms with Crippen LogP contribution in [0.15, 0.2) is 48.5 Å². The normalized spacial score (nSPS) is 12.1. The number of nitrogens with one attached hydrogen (secondary N) is 1. The molecule has 2 aromatic carbocycles. The van der Waals surface area contributed by atoms with Gasteiger partial charge in [-0.05, 0) is 47.9 Å². The van der Waals surface area contributed by atoms with E-state index in [0.29, 0.717) is 18.3 Å². The predicted molar refractivity (Wildman–Crippen MR) is 84.1 cm³/mol. The minimum atomic E-state index is -0.249. The van der Waals surface area contributed by atoms with E-state index in [1.165, 1.54) is 17.7 Å². The molecular formula is C18H22FNO. The second-order valence-electron chi connectivity index (χ2n) is 5.19. The molecule has 1 N–H and O–H groups in total. The molecular weight excluding hydrogens is 265 g/mol. The Morgan fingerprint density at radius 1 is 1.05 bits per heavy atom. The number of halogens is 1. The molecule has 0 amide bonds. The highest BCUT2D eigenvalue weighted by Crippen LogP contribution is 2.17. The van der Waals surface area contributed by atoms with Gasteiger partial charge in [-0.2, -0.15) is 0 Å². The molecule has 0 fully saturated rings. The maximum absolute atomic E-state index is 12.8. The largest absolute Gasteiger partial charge is 0.489 e. The molecule has 3 heteroatoms. The zero-order valence-corrected chi connectivity index (χ0v) is 12.6. The van der Waals surface area contributed by atoms with Gasteiger partial charge in [-0.25, -0.2) is 4.39 Å². The molecule has 0 aromatic heterocycles. The van der Waals surface area contributed by atoms with Crippen molar-refractivity contribution in [2.75, 3.05) is 13.1 Å². The number of ether oxygens (including phenoxy) is 1.